The van der Waals surface area contributed by atoms with Crippen LogP contribution in [0.1, 0.15) is 41.0 Å². The Balaban J connectivity index is 4.15. The number of rotatable bonds is 4. The molecule has 0 aromatic carbocycles. The van der Waals surface area contributed by atoms with Crippen LogP contribution in [0.3, 0.4) is 0 Å². The Labute approximate surface area is 71.7 Å². The quantitative estimate of drug-likeness (QED) is 0.539. The highest BCUT2D eigenvalue weighted by Gasteiger charge is 2.26. The summed E-state index contributed by atoms with van der Waals surface area (Å²) in [4.78, 5) is 0. The van der Waals surface area contributed by atoms with Gasteiger partial charge in [-0.1, -0.05) is 40.7 Å². The molecule has 0 N–H and O–H groups in total. The van der Waals surface area contributed by atoms with E-state index in [0.717, 1.165) is 18.3 Å². The lowest BCUT2D eigenvalue weighted by atomic mass is 9.72. The number of hydrogen-bond donors (Lipinski definition) is 0. The minimum atomic E-state index is 0.413. The molecule has 0 aliphatic heterocycles. The normalized spacial score (nSPS) is 15.1. The van der Waals surface area contributed by atoms with Crippen LogP contribution in [0.15, 0.2) is 12.7 Å². The summed E-state index contributed by atoms with van der Waals surface area (Å²) in [5, 5.41) is 0. The lowest BCUT2D eigenvalue weighted by Crippen LogP contribution is -2.25. The van der Waals surface area contributed by atoms with Gasteiger partial charge in [-0.15, -0.1) is 6.58 Å². The molecule has 1 unspecified atom stereocenters. The van der Waals surface area contributed by atoms with E-state index in [1.54, 1.807) is 0 Å². The maximum absolute atomic E-state index is 3.79. The molecule has 11 heavy (non-hydrogen) atoms. The van der Waals surface area contributed by atoms with E-state index >= 15 is 0 Å². The van der Waals surface area contributed by atoms with Gasteiger partial charge in [-0.3, -0.25) is 0 Å². The third-order valence-corrected chi connectivity index (χ3v) is 2.90. The van der Waals surface area contributed by atoms with Gasteiger partial charge in [0.05, 0.1) is 0 Å². The van der Waals surface area contributed by atoms with Gasteiger partial charge in [0.1, 0.15) is 0 Å². The molecule has 0 aromatic rings. The standard InChI is InChI=1S/C11H22/c1-7-8-11(5,6)10(4)9(2)3/h7,9-10H,1,8H2,2-6H3. The van der Waals surface area contributed by atoms with Crippen molar-refractivity contribution in [2.24, 2.45) is 17.3 Å². The van der Waals surface area contributed by atoms with Crippen molar-refractivity contribution in [1.82, 2.24) is 0 Å². The predicted molar refractivity (Wildman–Crippen MR) is 52.6 cm³/mol. The molecule has 0 rings (SSSR count). The minimum Gasteiger partial charge on any atom is -0.103 e. The van der Waals surface area contributed by atoms with Gasteiger partial charge < -0.3 is 0 Å². The zero-order valence-corrected chi connectivity index (χ0v) is 8.65. The highest BCUT2D eigenvalue weighted by atomic mass is 14.3. The first-order chi connectivity index (χ1) is 4.91. The molecular weight excluding hydrogens is 132 g/mol. The molecule has 0 fully saturated rings. The van der Waals surface area contributed by atoms with Crippen LogP contribution in [-0.4, -0.2) is 0 Å². The Morgan fingerprint density at radius 1 is 1.27 bits per heavy atom. The van der Waals surface area contributed by atoms with Crippen molar-refractivity contribution in [3.05, 3.63) is 12.7 Å². The number of allylic oxidation sites excluding steroid dienone is 1. The Bertz CT molecular complexity index is 120. The maximum atomic E-state index is 3.79. The predicted octanol–water partition coefficient (Wildman–Crippen LogP) is 3.88. The van der Waals surface area contributed by atoms with Crippen molar-refractivity contribution in [2.75, 3.05) is 0 Å². The van der Waals surface area contributed by atoms with Gasteiger partial charge in [-0.2, -0.15) is 0 Å². The van der Waals surface area contributed by atoms with E-state index in [-0.39, 0.29) is 0 Å². The lowest BCUT2D eigenvalue weighted by molar-refractivity contribution is 0.178. The molecule has 0 spiro atoms. The van der Waals surface area contributed by atoms with E-state index < -0.39 is 0 Å². The molecule has 1 atom stereocenters. The van der Waals surface area contributed by atoms with Crippen LogP contribution >= 0.6 is 0 Å². The fraction of sp³-hybridized carbons (Fsp3) is 0.818. The van der Waals surface area contributed by atoms with Gasteiger partial charge in [-0.05, 0) is 23.7 Å². The highest BCUT2D eigenvalue weighted by Crippen LogP contribution is 2.35. The largest absolute Gasteiger partial charge is 0.103 e. The van der Waals surface area contributed by atoms with Gasteiger partial charge >= 0.3 is 0 Å². The monoisotopic (exact) mass is 154 g/mol. The summed E-state index contributed by atoms with van der Waals surface area (Å²) in [6, 6.07) is 0. The molecule has 0 aliphatic carbocycles. The maximum Gasteiger partial charge on any atom is -0.0292 e. The molecule has 0 saturated heterocycles. The zero-order chi connectivity index (χ0) is 9.07. The van der Waals surface area contributed by atoms with Crippen molar-refractivity contribution < 1.29 is 0 Å². The third kappa shape index (κ3) is 3.09. The van der Waals surface area contributed by atoms with Crippen LogP contribution in [-0.2, 0) is 0 Å². The topological polar surface area (TPSA) is 0 Å². The van der Waals surface area contributed by atoms with E-state index in [4.69, 9.17) is 0 Å². The molecule has 66 valence electrons. The highest BCUT2D eigenvalue weighted by molar-refractivity contribution is 4.84. The van der Waals surface area contributed by atoms with Gasteiger partial charge in [0.15, 0.2) is 0 Å². The molecular formula is C11H22. The van der Waals surface area contributed by atoms with Crippen LogP contribution in [0.2, 0.25) is 0 Å². The van der Waals surface area contributed by atoms with Crippen molar-refractivity contribution in [3.8, 4) is 0 Å². The Kier molecular flexibility index (Phi) is 3.85. The van der Waals surface area contributed by atoms with Crippen molar-refractivity contribution in [1.29, 1.82) is 0 Å². The summed E-state index contributed by atoms with van der Waals surface area (Å²) in [6.07, 6.45) is 3.14. The van der Waals surface area contributed by atoms with E-state index in [1.807, 2.05) is 6.08 Å². The van der Waals surface area contributed by atoms with E-state index in [2.05, 4.69) is 41.2 Å². The zero-order valence-electron chi connectivity index (χ0n) is 8.65. The molecule has 0 heterocycles. The van der Waals surface area contributed by atoms with Crippen LogP contribution < -0.4 is 0 Å². The molecule has 0 radical (unpaired) electrons. The lowest BCUT2D eigenvalue weighted by Gasteiger charge is -2.33. The van der Waals surface area contributed by atoms with Gasteiger partial charge in [0, 0.05) is 0 Å². The molecule has 0 aromatic heterocycles. The van der Waals surface area contributed by atoms with Crippen LogP contribution in [0.4, 0.5) is 0 Å². The van der Waals surface area contributed by atoms with E-state index in [0.29, 0.717) is 5.41 Å². The van der Waals surface area contributed by atoms with Crippen molar-refractivity contribution in [2.45, 2.75) is 41.0 Å². The van der Waals surface area contributed by atoms with E-state index in [1.165, 1.54) is 0 Å². The van der Waals surface area contributed by atoms with Crippen molar-refractivity contribution in [3.63, 3.8) is 0 Å². The van der Waals surface area contributed by atoms with Gasteiger partial charge in [-0.25, -0.2) is 0 Å². The Hall–Kier alpha value is -0.260. The second kappa shape index (κ2) is 3.94. The fourth-order valence-electron chi connectivity index (χ4n) is 1.46. The van der Waals surface area contributed by atoms with Gasteiger partial charge in [0.25, 0.3) is 0 Å². The molecule has 0 bridgehead atoms. The van der Waals surface area contributed by atoms with Gasteiger partial charge in [0.2, 0.25) is 0 Å². The molecule has 0 amide bonds. The van der Waals surface area contributed by atoms with Crippen LogP contribution in [0, 0.1) is 17.3 Å². The average molecular weight is 154 g/mol. The summed E-state index contributed by atoms with van der Waals surface area (Å²) < 4.78 is 0. The van der Waals surface area contributed by atoms with Crippen LogP contribution in [0.25, 0.3) is 0 Å². The summed E-state index contributed by atoms with van der Waals surface area (Å²) in [7, 11) is 0. The first kappa shape index (κ1) is 10.7. The first-order valence-corrected chi connectivity index (χ1v) is 4.52. The Morgan fingerprint density at radius 3 is 2.00 bits per heavy atom. The molecule has 0 nitrogen and oxygen atoms in total. The SMILES string of the molecule is C=CCC(C)(C)C(C)C(C)C. The summed E-state index contributed by atoms with van der Waals surface area (Å²) in [5.41, 5.74) is 0.413. The minimum absolute atomic E-state index is 0.413. The summed E-state index contributed by atoms with van der Waals surface area (Å²) in [6.45, 7) is 15.3. The summed E-state index contributed by atoms with van der Waals surface area (Å²) in [5.74, 6) is 1.53. The van der Waals surface area contributed by atoms with Crippen LogP contribution in [0.5, 0.6) is 0 Å². The van der Waals surface area contributed by atoms with Crippen molar-refractivity contribution >= 4 is 0 Å². The third-order valence-electron chi connectivity index (χ3n) is 2.90. The molecule has 0 aliphatic rings. The first-order valence-electron chi connectivity index (χ1n) is 4.52. The average Bonchev–Trinajstić information content (AvgIpc) is 1.86. The Morgan fingerprint density at radius 2 is 1.73 bits per heavy atom. The second-order valence-corrected chi connectivity index (χ2v) is 4.51. The molecule has 0 saturated carbocycles. The fourth-order valence-corrected chi connectivity index (χ4v) is 1.46. The second-order valence-electron chi connectivity index (χ2n) is 4.51. The summed E-state index contributed by atoms with van der Waals surface area (Å²) >= 11 is 0. The number of hydrogen-bond acceptors (Lipinski definition) is 0. The molecule has 0 heteroatoms. The smallest absolute Gasteiger partial charge is 0.0292 e. The van der Waals surface area contributed by atoms with E-state index in [9.17, 15) is 0 Å².